The van der Waals surface area contributed by atoms with Crippen LogP contribution >= 0.6 is 11.3 Å². The second-order valence-electron chi connectivity index (χ2n) is 5.18. The van der Waals surface area contributed by atoms with Crippen LogP contribution in [0.2, 0.25) is 0 Å². The first-order chi connectivity index (χ1) is 14.1. The SMILES string of the molecule is N#CNC(=O)NNCC(=O)Nc1ccc(S(=O)(=O)Nc2scnc2C(=O)O)cc1F. The molecular formula is C14H12FN7O6S2. The number of hydrazine groups is 1. The fourth-order valence-electron chi connectivity index (χ4n) is 1.90. The number of nitrogens with one attached hydrogen (secondary N) is 5. The number of sulfonamides is 1. The Morgan fingerprint density at radius 2 is 2.03 bits per heavy atom. The standard InChI is InChI=1S/C14H12FN7O6S2/c15-8-3-7(30(27,28)22-12-11(13(24)25)18-6-29-12)1-2-9(8)20-10(23)4-19-21-14(26)17-5-16/h1-3,6,19,22H,4H2,(H,20,23)(H,24,25)(H2,17,21,26). The number of nitrogens with zero attached hydrogens (tertiary/aromatic N) is 2. The molecule has 0 bridgehead atoms. The number of carbonyl (C=O) groups excluding carboxylic acids is 2. The molecule has 3 amide bonds. The van der Waals surface area contributed by atoms with E-state index in [1.54, 1.807) is 5.32 Å². The number of rotatable bonds is 8. The third-order valence-electron chi connectivity index (χ3n) is 3.14. The Labute approximate surface area is 171 Å². The summed E-state index contributed by atoms with van der Waals surface area (Å²) >= 11 is 0.736. The molecule has 1 aromatic heterocycles. The van der Waals surface area contributed by atoms with Crippen molar-refractivity contribution in [1.82, 2.24) is 21.2 Å². The van der Waals surface area contributed by atoms with Gasteiger partial charge in [0.2, 0.25) is 5.91 Å². The molecular weight excluding hydrogens is 445 g/mol. The maximum atomic E-state index is 14.2. The van der Waals surface area contributed by atoms with Gasteiger partial charge in [0.05, 0.1) is 22.6 Å². The molecule has 2 rings (SSSR count). The van der Waals surface area contributed by atoms with Gasteiger partial charge in [0, 0.05) is 0 Å². The highest BCUT2D eigenvalue weighted by molar-refractivity contribution is 7.93. The van der Waals surface area contributed by atoms with Gasteiger partial charge in [-0.1, -0.05) is 0 Å². The van der Waals surface area contributed by atoms with Crippen LogP contribution in [0.5, 0.6) is 0 Å². The Balaban J connectivity index is 2.04. The Morgan fingerprint density at radius 1 is 1.30 bits per heavy atom. The molecule has 30 heavy (non-hydrogen) atoms. The second kappa shape index (κ2) is 9.60. The van der Waals surface area contributed by atoms with Crippen molar-refractivity contribution in [2.24, 2.45) is 0 Å². The summed E-state index contributed by atoms with van der Waals surface area (Å²) in [4.78, 5) is 36.7. The molecule has 13 nitrogen and oxygen atoms in total. The summed E-state index contributed by atoms with van der Waals surface area (Å²) in [5.41, 5.74) is 4.43. The van der Waals surface area contributed by atoms with Crippen molar-refractivity contribution in [2.75, 3.05) is 16.6 Å². The molecule has 16 heteroatoms. The van der Waals surface area contributed by atoms with E-state index in [-0.39, 0.29) is 10.7 Å². The zero-order valence-electron chi connectivity index (χ0n) is 14.6. The fourth-order valence-corrected chi connectivity index (χ4v) is 3.90. The maximum Gasteiger partial charge on any atom is 0.357 e. The number of carboxylic acid groups (broad SMARTS) is 1. The minimum absolute atomic E-state index is 0.251. The number of hydrogen-bond donors (Lipinski definition) is 6. The fraction of sp³-hybridized carbons (Fsp3) is 0.0714. The first kappa shape index (κ1) is 22.5. The molecule has 0 aliphatic rings. The largest absolute Gasteiger partial charge is 0.476 e. The number of urea groups is 1. The molecule has 0 aliphatic heterocycles. The molecule has 6 N–H and O–H groups in total. The Morgan fingerprint density at radius 3 is 2.67 bits per heavy atom. The number of aromatic carboxylic acids is 1. The number of benzene rings is 1. The average molecular weight is 457 g/mol. The topological polar surface area (TPSA) is 202 Å². The van der Waals surface area contributed by atoms with Crippen LogP contribution < -0.4 is 26.2 Å². The van der Waals surface area contributed by atoms with E-state index in [9.17, 15) is 27.2 Å². The first-order valence-electron chi connectivity index (χ1n) is 7.61. The number of amides is 3. The van der Waals surface area contributed by atoms with Crippen LogP contribution in [-0.2, 0) is 14.8 Å². The predicted octanol–water partition coefficient (Wildman–Crippen LogP) is 0.00458. The van der Waals surface area contributed by atoms with E-state index < -0.39 is 50.9 Å². The zero-order chi connectivity index (χ0) is 22.3. The monoisotopic (exact) mass is 457 g/mol. The Bertz CT molecular complexity index is 1130. The summed E-state index contributed by atoms with van der Waals surface area (Å²) in [6.45, 7) is -0.483. The second-order valence-corrected chi connectivity index (χ2v) is 7.71. The normalized spacial score (nSPS) is 10.5. The van der Waals surface area contributed by atoms with Gasteiger partial charge in [0.25, 0.3) is 10.0 Å². The molecule has 2 aromatic rings. The van der Waals surface area contributed by atoms with Gasteiger partial charge in [-0.15, -0.1) is 11.3 Å². The summed E-state index contributed by atoms with van der Waals surface area (Å²) < 4.78 is 41.0. The minimum Gasteiger partial charge on any atom is -0.476 e. The molecule has 0 unspecified atom stereocenters. The highest BCUT2D eigenvalue weighted by atomic mass is 32.2. The third kappa shape index (κ3) is 5.84. The van der Waals surface area contributed by atoms with Crippen LogP contribution in [0, 0.1) is 17.3 Å². The molecule has 0 fully saturated rings. The van der Waals surface area contributed by atoms with Crippen LogP contribution in [-0.4, -0.2) is 43.0 Å². The van der Waals surface area contributed by atoms with E-state index in [0.29, 0.717) is 6.07 Å². The van der Waals surface area contributed by atoms with Crippen molar-refractivity contribution >= 4 is 50.0 Å². The average Bonchev–Trinajstić information content (AvgIpc) is 3.11. The van der Waals surface area contributed by atoms with Crippen LogP contribution in [0.15, 0.2) is 28.6 Å². The lowest BCUT2D eigenvalue weighted by atomic mass is 10.3. The molecule has 0 spiro atoms. The van der Waals surface area contributed by atoms with Gasteiger partial charge in [-0.2, -0.15) is 5.26 Å². The van der Waals surface area contributed by atoms with Gasteiger partial charge in [-0.3, -0.25) is 14.9 Å². The van der Waals surface area contributed by atoms with Crippen LogP contribution in [0.25, 0.3) is 0 Å². The van der Waals surface area contributed by atoms with Gasteiger partial charge >= 0.3 is 12.0 Å². The number of hydrogen-bond acceptors (Lipinski definition) is 9. The van der Waals surface area contributed by atoms with Gasteiger partial charge in [0.1, 0.15) is 10.8 Å². The molecule has 0 saturated carbocycles. The quantitative estimate of drug-likeness (QED) is 0.179. The molecule has 0 aliphatic carbocycles. The van der Waals surface area contributed by atoms with Crippen LogP contribution in [0.4, 0.5) is 19.9 Å². The summed E-state index contributed by atoms with van der Waals surface area (Å²) in [5.74, 6) is -3.30. The number of halogens is 1. The van der Waals surface area contributed by atoms with E-state index in [1.165, 1.54) is 6.19 Å². The van der Waals surface area contributed by atoms with Crippen molar-refractivity contribution < 1.29 is 32.3 Å². The Kier molecular flexibility index (Phi) is 7.19. The number of anilines is 2. The number of carboxylic acids is 1. The summed E-state index contributed by atoms with van der Waals surface area (Å²) in [6.07, 6.45) is 1.35. The van der Waals surface area contributed by atoms with Crippen molar-refractivity contribution in [2.45, 2.75) is 4.90 Å². The lowest BCUT2D eigenvalue weighted by Crippen LogP contribution is -2.45. The highest BCUT2D eigenvalue weighted by Gasteiger charge is 2.22. The zero-order valence-corrected chi connectivity index (χ0v) is 16.2. The molecule has 0 radical (unpaired) electrons. The van der Waals surface area contributed by atoms with E-state index in [2.05, 4.69) is 15.7 Å². The third-order valence-corrected chi connectivity index (χ3v) is 5.36. The van der Waals surface area contributed by atoms with Crippen LogP contribution in [0.3, 0.4) is 0 Å². The van der Waals surface area contributed by atoms with Gasteiger partial charge in [-0.05, 0) is 18.2 Å². The number of thiazole rings is 1. The van der Waals surface area contributed by atoms with E-state index in [0.717, 1.165) is 29.0 Å². The lowest BCUT2D eigenvalue weighted by molar-refractivity contribution is -0.115. The van der Waals surface area contributed by atoms with Crippen molar-refractivity contribution in [3.05, 3.63) is 35.2 Å². The number of carbonyl (C=O) groups is 3. The predicted molar refractivity (Wildman–Crippen MR) is 100 cm³/mol. The smallest absolute Gasteiger partial charge is 0.357 e. The maximum absolute atomic E-state index is 14.2. The highest BCUT2D eigenvalue weighted by Crippen LogP contribution is 2.25. The summed E-state index contributed by atoms with van der Waals surface area (Å²) in [7, 11) is -4.32. The number of nitriles is 1. The Hall–Kier alpha value is -3.81. The van der Waals surface area contributed by atoms with Gasteiger partial charge < -0.3 is 10.4 Å². The van der Waals surface area contributed by atoms with E-state index in [4.69, 9.17) is 10.4 Å². The van der Waals surface area contributed by atoms with Crippen molar-refractivity contribution in [3.8, 4) is 6.19 Å². The van der Waals surface area contributed by atoms with Crippen molar-refractivity contribution in [3.63, 3.8) is 0 Å². The van der Waals surface area contributed by atoms with Crippen LogP contribution in [0.1, 0.15) is 10.5 Å². The van der Waals surface area contributed by atoms with Gasteiger partial charge in [-0.25, -0.2) is 38.1 Å². The van der Waals surface area contributed by atoms with E-state index in [1.807, 2.05) is 10.1 Å². The lowest BCUT2D eigenvalue weighted by Gasteiger charge is -2.10. The minimum atomic E-state index is -4.32. The molecule has 158 valence electrons. The molecule has 0 atom stereocenters. The molecule has 0 saturated heterocycles. The van der Waals surface area contributed by atoms with Crippen molar-refractivity contribution in [1.29, 1.82) is 5.26 Å². The molecule has 1 heterocycles. The van der Waals surface area contributed by atoms with Gasteiger partial charge in [0.15, 0.2) is 11.9 Å². The summed E-state index contributed by atoms with van der Waals surface area (Å²) in [6, 6.07) is 1.70. The van der Waals surface area contributed by atoms with E-state index >= 15 is 0 Å². The summed E-state index contributed by atoms with van der Waals surface area (Å²) in [5, 5.41) is 20.8. The number of aromatic nitrogens is 1. The molecule has 1 aromatic carbocycles. The first-order valence-corrected chi connectivity index (χ1v) is 9.97.